The number of aryl methyl sites for hydroxylation is 1. The zero-order valence-corrected chi connectivity index (χ0v) is 17.7. The van der Waals surface area contributed by atoms with Crippen molar-refractivity contribution >= 4 is 10.8 Å². The van der Waals surface area contributed by atoms with Crippen molar-refractivity contribution in [3.63, 3.8) is 0 Å². The summed E-state index contributed by atoms with van der Waals surface area (Å²) in [5, 5.41) is 2.18. The summed E-state index contributed by atoms with van der Waals surface area (Å²) in [4.78, 5) is 4.92. The van der Waals surface area contributed by atoms with Crippen LogP contribution < -0.4 is 18.9 Å². The van der Waals surface area contributed by atoms with Gasteiger partial charge in [0, 0.05) is 31.7 Å². The maximum Gasteiger partial charge on any atom is 0.164 e. The van der Waals surface area contributed by atoms with Crippen LogP contribution in [0.5, 0.6) is 23.0 Å². The van der Waals surface area contributed by atoms with E-state index in [-0.39, 0.29) is 0 Å². The average molecular weight is 389 g/mol. The monoisotopic (exact) mass is 388 g/mol. The van der Waals surface area contributed by atoms with Crippen LogP contribution >= 0.6 is 0 Å². The molecule has 0 amide bonds. The van der Waals surface area contributed by atoms with E-state index < -0.39 is 0 Å². The van der Waals surface area contributed by atoms with Gasteiger partial charge in [-0.3, -0.25) is 0 Å². The molecule has 0 aromatic heterocycles. The smallest absolute Gasteiger partial charge is 0.164 e. The molecule has 0 radical (unpaired) electrons. The molecule has 1 aliphatic rings. The number of piperazine rings is 1. The Morgan fingerprint density at radius 2 is 1.39 bits per heavy atom. The largest absolute Gasteiger partial charge is 0.493 e. The zero-order chi connectivity index (χ0) is 20.1. The van der Waals surface area contributed by atoms with Gasteiger partial charge in [-0.1, -0.05) is 0 Å². The van der Waals surface area contributed by atoms with E-state index in [0.717, 1.165) is 79.1 Å². The van der Waals surface area contributed by atoms with Crippen LogP contribution in [0.1, 0.15) is 12.0 Å². The number of rotatable bonds is 8. The Kier molecular flexibility index (Phi) is 6.86. The Morgan fingerprint density at radius 3 is 2.00 bits per heavy atom. The normalized spacial score (nSPS) is 15.6. The fraction of sp³-hybridized carbons (Fsp3) is 0.545. The van der Waals surface area contributed by atoms with Crippen LogP contribution in [0.3, 0.4) is 0 Å². The first-order valence-electron chi connectivity index (χ1n) is 9.81. The minimum atomic E-state index is 0.714. The second-order valence-corrected chi connectivity index (χ2v) is 7.27. The van der Waals surface area contributed by atoms with Crippen molar-refractivity contribution in [1.82, 2.24) is 9.80 Å². The molecule has 0 unspecified atom stereocenters. The van der Waals surface area contributed by atoms with Gasteiger partial charge in [0.25, 0.3) is 0 Å². The minimum absolute atomic E-state index is 0.714. The van der Waals surface area contributed by atoms with E-state index in [1.165, 1.54) is 0 Å². The molecule has 154 valence electrons. The van der Waals surface area contributed by atoms with Crippen LogP contribution in [0.2, 0.25) is 0 Å². The zero-order valence-electron chi connectivity index (χ0n) is 17.7. The molecule has 0 saturated carbocycles. The molecule has 0 bridgehead atoms. The number of nitrogens with zero attached hydrogens (tertiary/aromatic N) is 2. The van der Waals surface area contributed by atoms with Crippen LogP contribution in [-0.4, -0.2) is 78.0 Å². The topological polar surface area (TPSA) is 43.4 Å². The van der Waals surface area contributed by atoms with Gasteiger partial charge in [-0.2, -0.15) is 0 Å². The lowest BCUT2D eigenvalue weighted by Gasteiger charge is -2.32. The lowest BCUT2D eigenvalue weighted by Crippen LogP contribution is -2.44. The van der Waals surface area contributed by atoms with E-state index in [4.69, 9.17) is 18.9 Å². The van der Waals surface area contributed by atoms with Crippen molar-refractivity contribution in [1.29, 1.82) is 0 Å². The highest BCUT2D eigenvalue weighted by Gasteiger charge is 2.19. The van der Waals surface area contributed by atoms with Crippen molar-refractivity contribution in [2.24, 2.45) is 0 Å². The molecule has 0 aliphatic carbocycles. The van der Waals surface area contributed by atoms with Gasteiger partial charge in [0.15, 0.2) is 23.0 Å². The first-order chi connectivity index (χ1) is 13.6. The first-order valence-corrected chi connectivity index (χ1v) is 9.81. The van der Waals surface area contributed by atoms with E-state index in [2.05, 4.69) is 16.8 Å². The van der Waals surface area contributed by atoms with Crippen LogP contribution in [-0.2, 0) is 6.42 Å². The van der Waals surface area contributed by atoms with E-state index in [0.29, 0.717) is 5.75 Å². The number of benzene rings is 2. The van der Waals surface area contributed by atoms with Gasteiger partial charge in [-0.25, -0.2) is 0 Å². The fourth-order valence-electron chi connectivity index (χ4n) is 3.93. The Bertz CT molecular complexity index is 796. The van der Waals surface area contributed by atoms with Gasteiger partial charge in [0.2, 0.25) is 0 Å². The number of hydrogen-bond donors (Lipinski definition) is 0. The Balaban J connectivity index is 1.91. The summed E-state index contributed by atoms with van der Waals surface area (Å²) in [7, 11) is 8.89. The molecule has 1 fully saturated rings. The van der Waals surface area contributed by atoms with E-state index in [1.807, 2.05) is 18.2 Å². The highest BCUT2D eigenvalue weighted by molar-refractivity contribution is 5.92. The van der Waals surface area contributed by atoms with Crippen molar-refractivity contribution in [2.75, 3.05) is 68.2 Å². The Labute approximate surface area is 167 Å². The Morgan fingerprint density at radius 1 is 0.786 bits per heavy atom. The number of hydrogen-bond acceptors (Lipinski definition) is 6. The Hall–Kier alpha value is -2.18. The number of fused-ring (bicyclic) bond motifs is 1. The van der Waals surface area contributed by atoms with Crippen LogP contribution in [0.15, 0.2) is 18.2 Å². The SMILES string of the molecule is COc1cc2cc(OC)c(OC)c(CCCN3CCN(C)CC3)c2cc1OC. The third-order valence-corrected chi connectivity index (χ3v) is 5.59. The summed E-state index contributed by atoms with van der Waals surface area (Å²) in [6.07, 6.45) is 1.98. The van der Waals surface area contributed by atoms with Crippen LogP contribution in [0, 0.1) is 0 Å². The quantitative estimate of drug-likeness (QED) is 0.693. The molecule has 6 heteroatoms. The third-order valence-electron chi connectivity index (χ3n) is 5.59. The van der Waals surface area contributed by atoms with Crippen molar-refractivity contribution in [3.05, 3.63) is 23.8 Å². The molecule has 6 nitrogen and oxygen atoms in total. The summed E-state index contributed by atoms with van der Waals surface area (Å²) in [5.74, 6) is 2.99. The highest BCUT2D eigenvalue weighted by atomic mass is 16.5. The second kappa shape index (κ2) is 9.34. The number of ether oxygens (including phenoxy) is 4. The summed E-state index contributed by atoms with van der Waals surface area (Å²) >= 11 is 0. The van der Waals surface area contributed by atoms with Gasteiger partial charge in [-0.15, -0.1) is 0 Å². The molecule has 2 aromatic carbocycles. The van der Waals surface area contributed by atoms with Gasteiger partial charge < -0.3 is 28.7 Å². The summed E-state index contributed by atoms with van der Waals surface area (Å²) < 4.78 is 22.4. The molecule has 1 saturated heterocycles. The maximum absolute atomic E-state index is 5.74. The summed E-state index contributed by atoms with van der Waals surface area (Å²) in [5.41, 5.74) is 1.16. The lowest BCUT2D eigenvalue weighted by atomic mass is 9.98. The number of methoxy groups -OCH3 is 4. The third kappa shape index (κ3) is 4.28. The maximum atomic E-state index is 5.74. The molecule has 1 aliphatic heterocycles. The molecule has 3 rings (SSSR count). The predicted molar refractivity (Wildman–Crippen MR) is 112 cm³/mol. The molecular formula is C22H32N2O4. The molecule has 28 heavy (non-hydrogen) atoms. The van der Waals surface area contributed by atoms with Gasteiger partial charge in [-0.05, 0) is 55.4 Å². The lowest BCUT2D eigenvalue weighted by molar-refractivity contribution is 0.153. The molecule has 0 N–H and O–H groups in total. The van der Waals surface area contributed by atoms with Crippen molar-refractivity contribution < 1.29 is 18.9 Å². The van der Waals surface area contributed by atoms with Crippen LogP contribution in [0.4, 0.5) is 0 Å². The number of likely N-dealkylation sites (N-methyl/N-ethyl adjacent to an activating group) is 1. The fourth-order valence-corrected chi connectivity index (χ4v) is 3.93. The minimum Gasteiger partial charge on any atom is -0.493 e. The molecule has 2 aromatic rings. The molecular weight excluding hydrogens is 356 g/mol. The molecule has 0 spiro atoms. The second-order valence-electron chi connectivity index (χ2n) is 7.27. The molecule has 1 heterocycles. The summed E-state index contributed by atoms with van der Waals surface area (Å²) in [6, 6.07) is 6.04. The van der Waals surface area contributed by atoms with Gasteiger partial charge in [0.1, 0.15) is 0 Å². The standard InChI is InChI=1S/C22H32N2O4/c1-23-9-11-24(12-10-23)8-6-7-17-18-15-20(26-3)19(25-2)13-16(18)14-21(27-4)22(17)28-5/h13-15H,6-12H2,1-5H3. The van der Waals surface area contributed by atoms with Gasteiger partial charge >= 0.3 is 0 Å². The summed E-state index contributed by atoms with van der Waals surface area (Å²) in [6.45, 7) is 5.64. The predicted octanol–water partition coefficient (Wildman–Crippen LogP) is 3.05. The van der Waals surface area contributed by atoms with E-state index in [1.54, 1.807) is 28.4 Å². The van der Waals surface area contributed by atoms with Crippen LogP contribution in [0.25, 0.3) is 10.8 Å². The van der Waals surface area contributed by atoms with E-state index in [9.17, 15) is 0 Å². The van der Waals surface area contributed by atoms with Crippen molar-refractivity contribution in [2.45, 2.75) is 12.8 Å². The highest BCUT2D eigenvalue weighted by Crippen LogP contribution is 2.42. The van der Waals surface area contributed by atoms with E-state index >= 15 is 0 Å². The average Bonchev–Trinajstić information content (AvgIpc) is 2.73. The first kappa shape index (κ1) is 20.6. The molecule has 0 atom stereocenters. The van der Waals surface area contributed by atoms with Gasteiger partial charge in [0.05, 0.1) is 28.4 Å². The van der Waals surface area contributed by atoms with Crippen molar-refractivity contribution in [3.8, 4) is 23.0 Å².